The Kier molecular flexibility index (Phi) is 4.05. The number of rotatable bonds is 4. The maximum atomic E-state index is 5.30. The van der Waals surface area contributed by atoms with Crippen LogP contribution in [0.1, 0.15) is 6.42 Å². The Morgan fingerprint density at radius 1 is 1.28 bits per heavy atom. The van der Waals surface area contributed by atoms with Gasteiger partial charge in [-0.25, -0.2) is 0 Å². The van der Waals surface area contributed by atoms with E-state index in [2.05, 4.69) is 59.8 Å². The van der Waals surface area contributed by atoms with Crippen LogP contribution in [0, 0.1) is 0 Å². The first-order chi connectivity index (χ1) is 8.74. The lowest BCUT2D eigenvalue weighted by Crippen LogP contribution is -2.19. The Morgan fingerprint density at radius 2 is 2.00 bits per heavy atom. The van der Waals surface area contributed by atoms with Gasteiger partial charge in [-0.2, -0.15) is 0 Å². The minimum absolute atomic E-state index is 0.216. The van der Waals surface area contributed by atoms with Crippen molar-refractivity contribution in [3.8, 4) is 0 Å². The second-order valence-corrected chi connectivity index (χ2v) is 4.35. The molecule has 0 spiro atoms. The van der Waals surface area contributed by atoms with Crippen molar-refractivity contribution in [3.05, 3.63) is 48.2 Å². The first-order valence-corrected chi connectivity index (χ1v) is 6.17. The Morgan fingerprint density at radius 3 is 2.50 bits per heavy atom. The van der Waals surface area contributed by atoms with E-state index in [9.17, 15) is 0 Å². The number of benzene rings is 1. The topological polar surface area (TPSA) is 24.5 Å². The number of anilines is 2. The minimum atomic E-state index is 0.216. The van der Waals surface area contributed by atoms with Crippen molar-refractivity contribution in [2.45, 2.75) is 12.5 Å². The van der Waals surface area contributed by atoms with Gasteiger partial charge in [-0.3, -0.25) is 0 Å². The summed E-state index contributed by atoms with van der Waals surface area (Å²) < 4.78 is 5.30. The van der Waals surface area contributed by atoms with Crippen LogP contribution in [0.25, 0.3) is 0 Å². The maximum Gasteiger partial charge on any atom is 0.0791 e. The van der Waals surface area contributed by atoms with Crippen LogP contribution in [0.15, 0.2) is 48.2 Å². The second kappa shape index (κ2) is 5.74. The predicted octanol–water partition coefficient (Wildman–Crippen LogP) is 3.02. The van der Waals surface area contributed by atoms with Gasteiger partial charge in [-0.1, -0.05) is 12.2 Å². The standard InChI is InChI=1S/C15H20N2O/c1-16-12-4-6-13(7-5-12)17(2)14-8-10-15(18-3)11-9-14/h4-10,15-16H,11H2,1-3H3. The van der Waals surface area contributed by atoms with Crippen LogP contribution in [0.3, 0.4) is 0 Å². The second-order valence-electron chi connectivity index (χ2n) is 4.35. The third-order valence-electron chi connectivity index (χ3n) is 3.27. The van der Waals surface area contributed by atoms with E-state index in [0.29, 0.717) is 0 Å². The highest BCUT2D eigenvalue weighted by Crippen LogP contribution is 2.23. The summed E-state index contributed by atoms with van der Waals surface area (Å²) >= 11 is 0. The molecule has 0 aliphatic heterocycles. The van der Waals surface area contributed by atoms with E-state index in [1.165, 1.54) is 11.4 Å². The van der Waals surface area contributed by atoms with E-state index in [1.807, 2.05) is 7.05 Å². The van der Waals surface area contributed by atoms with Crippen molar-refractivity contribution < 1.29 is 4.74 Å². The molecule has 0 radical (unpaired) electrons. The molecule has 0 saturated heterocycles. The Labute approximate surface area is 109 Å². The maximum absolute atomic E-state index is 5.30. The number of hydrogen-bond donors (Lipinski definition) is 1. The molecule has 3 heteroatoms. The number of nitrogens with one attached hydrogen (secondary N) is 1. The molecule has 1 unspecified atom stereocenters. The molecule has 1 aliphatic rings. The number of allylic oxidation sites excluding steroid dienone is 1. The zero-order valence-electron chi connectivity index (χ0n) is 11.2. The molecule has 1 aromatic rings. The Hall–Kier alpha value is -1.74. The van der Waals surface area contributed by atoms with Crippen LogP contribution in [0.5, 0.6) is 0 Å². The summed E-state index contributed by atoms with van der Waals surface area (Å²) in [6.07, 6.45) is 7.58. The molecule has 18 heavy (non-hydrogen) atoms. The fourth-order valence-electron chi connectivity index (χ4n) is 2.01. The Bertz CT molecular complexity index is 448. The van der Waals surface area contributed by atoms with E-state index in [-0.39, 0.29) is 6.10 Å². The zero-order valence-corrected chi connectivity index (χ0v) is 11.2. The van der Waals surface area contributed by atoms with Crippen LogP contribution >= 0.6 is 0 Å². The average Bonchev–Trinajstić information content (AvgIpc) is 2.47. The fraction of sp³-hybridized carbons (Fsp3) is 0.333. The SMILES string of the molecule is CNc1ccc(N(C)C2=CCC(OC)C=C2)cc1. The molecule has 1 aliphatic carbocycles. The minimum Gasteiger partial charge on any atom is -0.388 e. The third-order valence-corrected chi connectivity index (χ3v) is 3.27. The lowest BCUT2D eigenvalue weighted by atomic mass is 10.1. The quantitative estimate of drug-likeness (QED) is 0.881. The number of hydrogen-bond acceptors (Lipinski definition) is 3. The molecular weight excluding hydrogens is 224 g/mol. The van der Waals surface area contributed by atoms with Crippen molar-refractivity contribution in [3.63, 3.8) is 0 Å². The summed E-state index contributed by atoms with van der Waals surface area (Å²) in [7, 11) is 5.75. The Balaban J connectivity index is 2.09. The lowest BCUT2D eigenvalue weighted by Gasteiger charge is -2.24. The van der Waals surface area contributed by atoms with Crippen LogP contribution in [-0.4, -0.2) is 27.3 Å². The molecule has 1 aromatic carbocycles. The number of ether oxygens (including phenoxy) is 1. The lowest BCUT2D eigenvalue weighted by molar-refractivity contribution is 0.142. The molecule has 96 valence electrons. The van der Waals surface area contributed by atoms with E-state index in [0.717, 1.165) is 12.1 Å². The van der Waals surface area contributed by atoms with Gasteiger partial charge < -0.3 is 15.0 Å². The summed E-state index contributed by atoms with van der Waals surface area (Å²) in [5, 5.41) is 3.12. The van der Waals surface area contributed by atoms with Crippen LogP contribution in [0.4, 0.5) is 11.4 Å². The highest BCUT2D eigenvalue weighted by molar-refractivity contribution is 5.59. The molecule has 0 amide bonds. The van der Waals surface area contributed by atoms with Crippen molar-refractivity contribution in [2.75, 3.05) is 31.4 Å². The van der Waals surface area contributed by atoms with Crippen molar-refractivity contribution in [1.29, 1.82) is 0 Å². The molecular formula is C15H20N2O. The number of likely N-dealkylation sites (N-methyl/N-ethyl adjacent to an activating group) is 1. The summed E-state index contributed by atoms with van der Waals surface area (Å²) in [6.45, 7) is 0. The highest BCUT2D eigenvalue weighted by Gasteiger charge is 2.11. The summed E-state index contributed by atoms with van der Waals surface area (Å²) in [5.74, 6) is 0. The first kappa shape index (κ1) is 12.7. The molecule has 0 bridgehead atoms. The predicted molar refractivity (Wildman–Crippen MR) is 77.0 cm³/mol. The van der Waals surface area contributed by atoms with E-state index < -0.39 is 0 Å². The molecule has 1 N–H and O–H groups in total. The van der Waals surface area contributed by atoms with Crippen molar-refractivity contribution in [2.24, 2.45) is 0 Å². The van der Waals surface area contributed by atoms with Crippen LogP contribution in [-0.2, 0) is 4.74 Å². The van der Waals surface area contributed by atoms with Gasteiger partial charge in [0.2, 0.25) is 0 Å². The summed E-state index contributed by atoms with van der Waals surface area (Å²) in [4.78, 5) is 2.18. The first-order valence-electron chi connectivity index (χ1n) is 6.17. The number of nitrogens with zero attached hydrogens (tertiary/aromatic N) is 1. The van der Waals surface area contributed by atoms with Crippen LogP contribution in [0.2, 0.25) is 0 Å². The van der Waals surface area contributed by atoms with Crippen LogP contribution < -0.4 is 10.2 Å². The van der Waals surface area contributed by atoms with Crippen molar-refractivity contribution >= 4 is 11.4 Å². The zero-order chi connectivity index (χ0) is 13.0. The van der Waals surface area contributed by atoms with Gasteiger partial charge >= 0.3 is 0 Å². The molecule has 2 rings (SSSR count). The number of methoxy groups -OCH3 is 1. The van der Waals surface area contributed by atoms with Gasteiger partial charge in [0.05, 0.1) is 6.10 Å². The molecule has 1 atom stereocenters. The highest BCUT2D eigenvalue weighted by atomic mass is 16.5. The summed E-state index contributed by atoms with van der Waals surface area (Å²) in [6, 6.07) is 8.39. The van der Waals surface area contributed by atoms with E-state index in [1.54, 1.807) is 7.11 Å². The summed E-state index contributed by atoms with van der Waals surface area (Å²) in [5.41, 5.74) is 3.51. The normalized spacial score (nSPS) is 18.4. The molecule has 3 nitrogen and oxygen atoms in total. The van der Waals surface area contributed by atoms with Crippen molar-refractivity contribution in [1.82, 2.24) is 0 Å². The average molecular weight is 244 g/mol. The monoisotopic (exact) mass is 244 g/mol. The molecule has 0 fully saturated rings. The fourth-order valence-corrected chi connectivity index (χ4v) is 2.01. The van der Waals surface area contributed by atoms with E-state index >= 15 is 0 Å². The van der Waals surface area contributed by atoms with Gasteiger partial charge in [0.25, 0.3) is 0 Å². The third kappa shape index (κ3) is 2.74. The van der Waals surface area contributed by atoms with Gasteiger partial charge in [0.15, 0.2) is 0 Å². The van der Waals surface area contributed by atoms with E-state index in [4.69, 9.17) is 4.74 Å². The van der Waals surface area contributed by atoms with Gasteiger partial charge in [0, 0.05) is 38.3 Å². The van der Waals surface area contributed by atoms with Gasteiger partial charge in [-0.15, -0.1) is 0 Å². The molecule has 0 saturated carbocycles. The largest absolute Gasteiger partial charge is 0.388 e. The van der Waals surface area contributed by atoms with Gasteiger partial charge in [-0.05, 0) is 36.8 Å². The molecule has 0 heterocycles. The molecule has 0 aromatic heterocycles. The smallest absolute Gasteiger partial charge is 0.0791 e. The van der Waals surface area contributed by atoms with Gasteiger partial charge in [0.1, 0.15) is 0 Å².